The summed E-state index contributed by atoms with van der Waals surface area (Å²) in [6.45, 7) is -1.27. The normalized spacial score (nSPS) is 19.6. The van der Waals surface area contributed by atoms with E-state index in [2.05, 4.69) is 20.5 Å². The summed E-state index contributed by atoms with van der Waals surface area (Å²) in [6, 6.07) is 7.23. The topological polar surface area (TPSA) is 87.3 Å². The van der Waals surface area contributed by atoms with E-state index < -0.39 is 63.5 Å². The van der Waals surface area contributed by atoms with E-state index in [1.54, 1.807) is 0 Å². The Hall–Kier alpha value is -4.04. The number of halogens is 7. The van der Waals surface area contributed by atoms with Crippen LogP contribution in [0.15, 0.2) is 76.3 Å². The van der Waals surface area contributed by atoms with Gasteiger partial charge in [-0.3, -0.25) is 9.78 Å². The van der Waals surface area contributed by atoms with Crippen molar-refractivity contribution in [1.29, 1.82) is 0 Å². The summed E-state index contributed by atoms with van der Waals surface area (Å²) in [4.78, 5) is 14.3. The van der Waals surface area contributed by atoms with Gasteiger partial charge in [-0.05, 0) is 36.4 Å². The third-order valence-electron chi connectivity index (χ3n) is 5.53. The van der Waals surface area contributed by atoms with Crippen molar-refractivity contribution in [2.45, 2.75) is 17.9 Å². The molecule has 0 spiro atoms. The quantitative estimate of drug-likeness (QED) is 0.249. The lowest BCUT2D eigenvalue weighted by atomic mass is 9.86. The molecule has 1 aliphatic rings. The lowest BCUT2D eigenvalue weighted by molar-refractivity contribution is -0.989. The first-order valence-corrected chi connectivity index (χ1v) is 10.4. The Morgan fingerprint density at radius 2 is 1.68 bits per heavy atom. The molecule has 0 bridgehead atoms. The van der Waals surface area contributed by atoms with Crippen LogP contribution in [-0.2, 0) is 11.8 Å². The number of hydrogen-bond acceptors (Lipinski definition) is 6. The molecule has 2 aromatic carbocycles. The van der Waals surface area contributed by atoms with E-state index in [-0.39, 0.29) is 11.1 Å². The van der Waals surface area contributed by atoms with Gasteiger partial charge in [0, 0.05) is 38.7 Å². The van der Waals surface area contributed by atoms with Crippen molar-refractivity contribution in [3.05, 3.63) is 100 Å². The molecule has 0 fully saturated rings. The summed E-state index contributed by atoms with van der Waals surface area (Å²) in [7, 11) is 0. The largest absolute Gasteiger partial charge is 0.416 e. The van der Waals surface area contributed by atoms with Crippen molar-refractivity contribution in [3.63, 3.8) is 0 Å². The molecular formula is C23H15F7N5O2+. The highest BCUT2D eigenvalue weighted by Gasteiger charge is 2.53. The zero-order chi connectivity index (χ0) is 27.0. The second kappa shape index (κ2) is 9.44. The zero-order valence-corrected chi connectivity index (χ0v) is 18.4. The minimum absolute atomic E-state index is 0.105. The monoisotopic (exact) mass is 526 g/mol. The molecule has 1 aliphatic heterocycles. The van der Waals surface area contributed by atoms with E-state index in [0.717, 1.165) is 54.7 Å². The fourth-order valence-corrected chi connectivity index (χ4v) is 3.68. The van der Waals surface area contributed by atoms with E-state index in [9.17, 15) is 36.3 Å². The third-order valence-corrected chi connectivity index (χ3v) is 5.53. The maximum absolute atomic E-state index is 15.7. The number of quaternary nitrogens is 1. The van der Waals surface area contributed by atoms with E-state index in [1.165, 1.54) is 0 Å². The summed E-state index contributed by atoms with van der Waals surface area (Å²) in [6.07, 6.45) is -5.82. The smallest absolute Gasteiger partial charge is 0.376 e. The van der Waals surface area contributed by atoms with Crippen LogP contribution < -0.4 is 0 Å². The molecule has 0 saturated heterocycles. The SMILES string of the molecule is O=C(c1ccc(C(F)(F)F)cc1)c1ccc(C(F)C(O)(C[N+]2(F)C=NN=N2)c2ccc(F)cc2F)nc1. The Kier molecular flexibility index (Phi) is 6.64. The van der Waals surface area contributed by atoms with Gasteiger partial charge in [0.1, 0.15) is 11.6 Å². The summed E-state index contributed by atoms with van der Waals surface area (Å²) >= 11 is 0. The number of rotatable bonds is 7. The molecule has 3 aromatic rings. The maximum Gasteiger partial charge on any atom is 0.416 e. The highest BCUT2D eigenvalue weighted by atomic mass is 19.4. The Bertz CT molecular complexity index is 1370. The fourth-order valence-electron chi connectivity index (χ4n) is 3.68. The number of carbonyl (C=O) groups excluding carboxylic acids is 1. The molecule has 0 radical (unpaired) electrons. The molecule has 0 saturated carbocycles. The molecule has 2 heterocycles. The number of aliphatic hydroxyl groups is 1. The van der Waals surface area contributed by atoms with Crippen LogP contribution in [0.25, 0.3) is 0 Å². The van der Waals surface area contributed by atoms with Crippen molar-refractivity contribution in [2.24, 2.45) is 15.5 Å². The Morgan fingerprint density at radius 1 is 1.00 bits per heavy atom. The second-order valence-electron chi connectivity index (χ2n) is 8.09. The number of benzene rings is 2. The average Bonchev–Trinajstić information content (AvgIpc) is 3.28. The molecule has 14 heteroatoms. The number of pyridine rings is 1. The van der Waals surface area contributed by atoms with Crippen molar-refractivity contribution in [3.8, 4) is 0 Å². The maximum atomic E-state index is 15.7. The van der Waals surface area contributed by atoms with Gasteiger partial charge in [0.05, 0.1) is 21.3 Å². The minimum atomic E-state index is -4.59. The lowest BCUT2D eigenvalue weighted by Gasteiger charge is -2.31. The molecule has 4 rings (SSSR count). The first kappa shape index (κ1) is 26.0. The summed E-state index contributed by atoms with van der Waals surface area (Å²) < 4.78 is 96.9. The van der Waals surface area contributed by atoms with E-state index in [4.69, 9.17) is 0 Å². The van der Waals surface area contributed by atoms with Gasteiger partial charge in [-0.15, -0.1) is 0 Å². The molecule has 1 N–H and O–H groups in total. The number of nitrogens with zero attached hydrogens (tertiary/aromatic N) is 5. The van der Waals surface area contributed by atoms with Crippen LogP contribution in [-0.4, -0.2) is 33.6 Å². The van der Waals surface area contributed by atoms with Crippen molar-refractivity contribution < 1.29 is 45.5 Å². The Balaban J connectivity index is 1.65. The van der Waals surface area contributed by atoms with Crippen molar-refractivity contribution >= 4 is 12.1 Å². The predicted molar refractivity (Wildman–Crippen MR) is 113 cm³/mol. The summed E-state index contributed by atoms with van der Waals surface area (Å²) in [5.74, 6) is -3.14. The van der Waals surface area contributed by atoms with Crippen LogP contribution in [0.4, 0.5) is 30.8 Å². The van der Waals surface area contributed by atoms with Gasteiger partial charge < -0.3 is 5.11 Å². The molecule has 7 nitrogen and oxygen atoms in total. The molecule has 3 unspecified atom stereocenters. The van der Waals surface area contributed by atoms with Crippen LogP contribution in [0.3, 0.4) is 0 Å². The van der Waals surface area contributed by atoms with E-state index in [1.807, 2.05) is 0 Å². The van der Waals surface area contributed by atoms with Crippen LogP contribution in [0.5, 0.6) is 0 Å². The molecule has 1 aromatic heterocycles. The van der Waals surface area contributed by atoms with Crippen LogP contribution in [0, 0.1) is 11.6 Å². The summed E-state index contributed by atoms with van der Waals surface area (Å²) in [5.41, 5.74) is -5.57. The van der Waals surface area contributed by atoms with Crippen LogP contribution in [0.1, 0.15) is 38.9 Å². The Labute approximate surface area is 203 Å². The zero-order valence-electron chi connectivity index (χ0n) is 18.4. The van der Waals surface area contributed by atoms with Gasteiger partial charge in [-0.2, -0.15) is 13.2 Å². The number of ketones is 1. The second-order valence-corrected chi connectivity index (χ2v) is 8.09. The van der Waals surface area contributed by atoms with Crippen molar-refractivity contribution in [1.82, 2.24) is 4.98 Å². The van der Waals surface area contributed by atoms with Gasteiger partial charge >= 0.3 is 6.18 Å². The Morgan fingerprint density at radius 3 is 2.22 bits per heavy atom. The molecule has 192 valence electrons. The van der Waals surface area contributed by atoms with Gasteiger partial charge in [0.2, 0.25) is 0 Å². The van der Waals surface area contributed by atoms with Gasteiger partial charge in [-0.1, -0.05) is 17.2 Å². The highest BCUT2D eigenvalue weighted by Crippen LogP contribution is 2.41. The predicted octanol–water partition coefficient (Wildman–Crippen LogP) is 5.53. The molecular weight excluding hydrogens is 511 g/mol. The number of alkyl halides is 4. The average molecular weight is 526 g/mol. The van der Waals surface area contributed by atoms with Crippen molar-refractivity contribution in [2.75, 3.05) is 6.54 Å². The van der Waals surface area contributed by atoms with E-state index >= 15 is 4.39 Å². The summed E-state index contributed by atoms with van der Waals surface area (Å²) in [5, 5.41) is 20.5. The number of aromatic nitrogens is 1. The van der Waals surface area contributed by atoms with Crippen LogP contribution >= 0.6 is 0 Å². The standard InChI is InChI=1S/C23H15F7N5O2/c24-16-6-7-17(18(25)9-16)22(37,11-35(30)12-32-33-34-35)21(26)19-8-3-14(10-31-19)20(36)13-1-4-15(5-2-13)23(27,28)29/h1-10,12,21,37H,11H2/q+1. The highest BCUT2D eigenvalue weighted by molar-refractivity contribution is 6.08. The van der Waals surface area contributed by atoms with Gasteiger partial charge in [0.25, 0.3) is 6.34 Å². The molecule has 0 amide bonds. The first-order chi connectivity index (χ1) is 17.3. The molecule has 0 aliphatic carbocycles. The number of carbonyl (C=O) groups is 1. The fraction of sp³-hybridized carbons (Fsp3) is 0.174. The lowest BCUT2D eigenvalue weighted by Crippen LogP contribution is -2.48. The first-order valence-electron chi connectivity index (χ1n) is 10.4. The van der Waals surface area contributed by atoms with E-state index in [0.29, 0.717) is 12.4 Å². The molecule has 37 heavy (non-hydrogen) atoms. The third kappa shape index (κ3) is 5.24. The minimum Gasteiger partial charge on any atom is -0.376 e. The molecule has 3 atom stereocenters. The van der Waals surface area contributed by atoms with Gasteiger partial charge in [-0.25, -0.2) is 13.2 Å². The van der Waals surface area contributed by atoms with Crippen LogP contribution in [0.2, 0.25) is 0 Å². The van der Waals surface area contributed by atoms with Gasteiger partial charge in [0.15, 0.2) is 24.1 Å². The number of hydrogen-bond donors (Lipinski definition) is 1.